The van der Waals surface area contributed by atoms with Crippen LogP contribution < -0.4 is 4.74 Å². The van der Waals surface area contributed by atoms with Crippen LogP contribution in [0.3, 0.4) is 0 Å². The average molecular weight is 293 g/mol. The smallest absolute Gasteiger partial charge is 0.260 e. The monoisotopic (exact) mass is 293 g/mol. The van der Waals surface area contributed by atoms with Crippen molar-refractivity contribution in [1.29, 1.82) is 0 Å². The first-order chi connectivity index (χ1) is 10.2. The molecule has 0 spiro atoms. The van der Waals surface area contributed by atoms with Crippen LogP contribution in [0.5, 0.6) is 5.75 Å². The minimum atomic E-state index is -0.289. The fraction of sp³-hybridized carbons (Fsp3) is 0.429. The van der Waals surface area contributed by atoms with Gasteiger partial charge >= 0.3 is 0 Å². The molecule has 2 rings (SSSR count). The predicted octanol–water partition coefficient (Wildman–Crippen LogP) is -0.165. The fourth-order valence-electron chi connectivity index (χ4n) is 2.06. The molecule has 0 saturated carbocycles. The zero-order valence-corrected chi connectivity index (χ0v) is 11.9. The number of hydrogen-bond donors (Lipinski definition) is 2. The van der Waals surface area contributed by atoms with Gasteiger partial charge in [-0.15, -0.1) is 0 Å². The summed E-state index contributed by atoms with van der Waals surface area (Å²) in [6, 6.07) is 3.56. The Bertz CT molecular complexity index is 605. The van der Waals surface area contributed by atoms with Gasteiger partial charge in [-0.1, -0.05) is 0 Å². The Hall–Kier alpha value is -2.12. The van der Waals surface area contributed by atoms with Gasteiger partial charge in [-0.3, -0.25) is 4.79 Å². The molecule has 0 unspecified atom stereocenters. The number of aliphatic hydroxyl groups excluding tert-OH is 2. The normalized spacial score (nSPS) is 10.8. The number of fused-ring (bicyclic) bond motifs is 1. The van der Waals surface area contributed by atoms with Crippen LogP contribution in [0, 0.1) is 6.92 Å². The summed E-state index contributed by atoms with van der Waals surface area (Å²) in [5.74, 6) is 0.232. The minimum Gasteiger partial charge on any atom is -0.480 e. The molecule has 0 fully saturated rings. The van der Waals surface area contributed by atoms with E-state index in [0.29, 0.717) is 11.4 Å². The van der Waals surface area contributed by atoms with Crippen molar-refractivity contribution < 1.29 is 19.7 Å². The zero-order chi connectivity index (χ0) is 15.2. The number of hydrogen-bond acceptors (Lipinski definition) is 5. The van der Waals surface area contributed by atoms with Crippen LogP contribution in [0.4, 0.5) is 0 Å². The van der Waals surface area contributed by atoms with Crippen molar-refractivity contribution in [1.82, 2.24) is 14.3 Å². The van der Waals surface area contributed by atoms with E-state index >= 15 is 0 Å². The summed E-state index contributed by atoms with van der Waals surface area (Å²) in [7, 11) is 0. The quantitative estimate of drug-likeness (QED) is 0.740. The molecular weight excluding hydrogens is 274 g/mol. The van der Waals surface area contributed by atoms with E-state index in [-0.39, 0.29) is 38.8 Å². The Kier molecular flexibility index (Phi) is 5.13. The third-order valence-electron chi connectivity index (χ3n) is 3.01. The maximum absolute atomic E-state index is 12.0. The molecule has 2 N–H and O–H groups in total. The lowest BCUT2D eigenvalue weighted by Gasteiger charge is -2.20. The van der Waals surface area contributed by atoms with Gasteiger partial charge in [0.05, 0.1) is 18.9 Å². The van der Waals surface area contributed by atoms with Crippen LogP contribution in [-0.4, -0.2) is 63.3 Å². The van der Waals surface area contributed by atoms with Crippen LogP contribution in [0.1, 0.15) is 5.69 Å². The lowest BCUT2D eigenvalue weighted by Crippen LogP contribution is -2.38. The number of ether oxygens (including phenoxy) is 1. The maximum atomic E-state index is 12.0. The summed E-state index contributed by atoms with van der Waals surface area (Å²) < 4.78 is 7.36. The van der Waals surface area contributed by atoms with Gasteiger partial charge in [0.15, 0.2) is 18.0 Å². The van der Waals surface area contributed by atoms with E-state index in [2.05, 4.69) is 4.98 Å². The molecule has 0 aliphatic rings. The van der Waals surface area contributed by atoms with E-state index in [0.717, 1.165) is 5.69 Å². The van der Waals surface area contributed by atoms with E-state index in [4.69, 9.17) is 14.9 Å². The van der Waals surface area contributed by atoms with Gasteiger partial charge in [0.1, 0.15) is 0 Å². The molecule has 0 radical (unpaired) electrons. The van der Waals surface area contributed by atoms with Crippen LogP contribution in [-0.2, 0) is 4.79 Å². The van der Waals surface area contributed by atoms with Crippen molar-refractivity contribution in [2.24, 2.45) is 0 Å². The van der Waals surface area contributed by atoms with Gasteiger partial charge in [-0.05, 0) is 19.1 Å². The number of imidazole rings is 1. The molecule has 2 aromatic heterocycles. The maximum Gasteiger partial charge on any atom is 0.260 e. The minimum absolute atomic E-state index is 0.152. The van der Waals surface area contributed by atoms with Gasteiger partial charge in [0.2, 0.25) is 0 Å². The summed E-state index contributed by atoms with van der Waals surface area (Å²) in [6.07, 6.45) is 3.72. The second-order valence-corrected chi connectivity index (χ2v) is 4.60. The highest BCUT2D eigenvalue weighted by atomic mass is 16.5. The summed E-state index contributed by atoms with van der Waals surface area (Å²) in [6.45, 7) is 1.77. The Labute approximate surface area is 122 Å². The van der Waals surface area contributed by atoms with Crippen LogP contribution in [0.25, 0.3) is 5.65 Å². The van der Waals surface area contributed by atoms with Gasteiger partial charge < -0.3 is 24.3 Å². The number of aliphatic hydroxyl groups is 2. The summed E-state index contributed by atoms with van der Waals surface area (Å²) >= 11 is 0. The van der Waals surface area contributed by atoms with Crippen molar-refractivity contribution >= 4 is 11.6 Å². The molecular formula is C14H19N3O4. The summed E-state index contributed by atoms with van der Waals surface area (Å²) in [5.41, 5.74) is 1.51. The first kappa shape index (κ1) is 15.3. The topological polar surface area (TPSA) is 87.3 Å². The van der Waals surface area contributed by atoms with Crippen molar-refractivity contribution in [3.05, 3.63) is 30.2 Å². The molecule has 2 aromatic rings. The Morgan fingerprint density at radius 2 is 2.10 bits per heavy atom. The van der Waals surface area contributed by atoms with Crippen LogP contribution in [0.15, 0.2) is 24.5 Å². The van der Waals surface area contributed by atoms with Crippen molar-refractivity contribution in [3.8, 4) is 5.75 Å². The molecule has 0 atom stereocenters. The average Bonchev–Trinajstić information content (AvgIpc) is 2.85. The van der Waals surface area contributed by atoms with Gasteiger partial charge in [0, 0.05) is 25.5 Å². The number of amides is 1. The number of carbonyl (C=O) groups is 1. The van der Waals surface area contributed by atoms with Crippen molar-refractivity contribution in [2.75, 3.05) is 32.9 Å². The largest absolute Gasteiger partial charge is 0.480 e. The molecule has 7 heteroatoms. The fourth-order valence-corrected chi connectivity index (χ4v) is 2.06. The molecule has 0 bridgehead atoms. The molecule has 21 heavy (non-hydrogen) atoms. The highest BCUT2D eigenvalue weighted by Gasteiger charge is 2.14. The Balaban J connectivity index is 2.05. The second-order valence-electron chi connectivity index (χ2n) is 4.60. The molecule has 0 aliphatic carbocycles. The van der Waals surface area contributed by atoms with Crippen LogP contribution in [0.2, 0.25) is 0 Å². The van der Waals surface area contributed by atoms with Gasteiger partial charge in [-0.2, -0.15) is 0 Å². The zero-order valence-electron chi connectivity index (χ0n) is 11.9. The standard InChI is InChI=1S/C14H19N3O4/c1-11-9-17-4-2-3-12(14(17)15-11)21-10-13(20)16(5-7-18)6-8-19/h2-4,9,18-19H,5-8,10H2,1H3. The highest BCUT2D eigenvalue weighted by molar-refractivity contribution is 5.78. The van der Waals surface area contributed by atoms with E-state index in [1.165, 1.54) is 4.90 Å². The van der Waals surface area contributed by atoms with Gasteiger partial charge in [-0.25, -0.2) is 4.98 Å². The lowest BCUT2D eigenvalue weighted by atomic mass is 10.4. The molecule has 7 nitrogen and oxygen atoms in total. The van der Waals surface area contributed by atoms with E-state index in [9.17, 15) is 4.79 Å². The number of pyridine rings is 1. The third kappa shape index (κ3) is 3.71. The Morgan fingerprint density at radius 3 is 2.76 bits per heavy atom. The number of carbonyl (C=O) groups excluding carboxylic acids is 1. The SMILES string of the molecule is Cc1cn2cccc(OCC(=O)N(CCO)CCO)c2n1. The summed E-state index contributed by atoms with van der Waals surface area (Å²) in [4.78, 5) is 17.7. The molecule has 0 aliphatic heterocycles. The summed E-state index contributed by atoms with van der Waals surface area (Å²) in [5, 5.41) is 17.8. The third-order valence-corrected chi connectivity index (χ3v) is 3.01. The second kappa shape index (κ2) is 7.05. The van der Waals surface area contributed by atoms with E-state index in [1.54, 1.807) is 6.07 Å². The lowest BCUT2D eigenvalue weighted by molar-refractivity contribution is -0.134. The molecule has 0 saturated heterocycles. The predicted molar refractivity (Wildman–Crippen MR) is 76.2 cm³/mol. The molecule has 0 aromatic carbocycles. The van der Waals surface area contributed by atoms with Crippen molar-refractivity contribution in [2.45, 2.75) is 6.92 Å². The molecule has 2 heterocycles. The number of aromatic nitrogens is 2. The number of rotatable bonds is 7. The first-order valence-corrected chi connectivity index (χ1v) is 6.72. The first-order valence-electron chi connectivity index (χ1n) is 6.72. The molecule has 1 amide bonds. The highest BCUT2D eigenvalue weighted by Crippen LogP contribution is 2.18. The Morgan fingerprint density at radius 1 is 1.38 bits per heavy atom. The van der Waals surface area contributed by atoms with Gasteiger partial charge in [0.25, 0.3) is 5.91 Å². The van der Waals surface area contributed by atoms with Crippen molar-refractivity contribution in [3.63, 3.8) is 0 Å². The molecule has 114 valence electrons. The van der Waals surface area contributed by atoms with Crippen LogP contribution >= 0.6 is 0 Å². The van der Waals surface area contributed by atoms with E-state index < -0.39 is 0 Å². The number of nitrogens with zero attached hydrogens (tertiary/aromatic N) is 3. The van der Waals surface area contributed by atoms with E-state index in [1.807, 2.05) is 29.8 Å². The number of aryl methyl sites for hydroxylation is 1.